The van der Waals surface area contributed by atoms with E-state index in [1.54, 1.807) is 0 Å². The molecule has 2 aliphatic rings. The van der Waals surface area contributed by atoms with Gasteiger partial charge in [-0.1, -0.05) is 68.5 Å². The Kier molecular flexibility index (Phi) is 10.9. The first-order valence-electron chi connectivity index (χ1n) is 15.9. The van der Waals surface area contributed by atoms with Gasteiger partial charge in [0.1, 0.15) is 6.54 Å². The van der Waals surface area contributed by atoms with Gasteiger partial charge < -0.3 is 39.3 Å². The molecule has 6 heteroatoms. The van der Waals surface area contributed by atoms with Crippen LogP contribution in [0.4, 0.5) is 11.4 Å². The molecule has 0 saturated heterocycles. The van der Waals surface area contributed by atoms with E-state index >= 15 is 0 Å². The molecule has 0 fully saturated rings. The maximum absolute atomic E-state index is 12.7. The highest BCUT2D eigenvalue weighted by molar-refractivity contribution is 6.04. The average molecular weight is 716 g/mol. The summed E-state index contributed by atoms with van der Waals surface area (Å²) in [5.74, 6) is -0.128. The fourth-order valence-corrected chi connectivity index (χ4v) is 6.75. The first-order chi connectivity index (χ1) is 21.1. The Morgan fingerprint density at radius 1 is 0.889 bits per heavy atom. The summed E-state index contributed by atoms with van der Waals surface area (Å²) in [6.45, 7) is 15.9. The van der Waals surface area contributed by atoms with E-state index in [0.717, 1.165) is 24.2 Å². The summed E-state index contributed by atoms with van der Waals surface area (Å²) >= 11 is 0. The number of nitrogens with one attached hydrogen (secondary N) is 1. The molecular formula is C39H46IN3O2. The molecule has 2 N–H and O–H groups in total. The Morgan fingerprint density at radius 3 is 2.20 bits per heavy atom. The van der Waals surface area contributed by atoms with E-state index in [-0.39, 0.29) is 47.3 Å². The Hall–Kier alpha value is -3.49. The van der Waals surface area contributed by atoms with Crippen molar-refractivity contribution in [3.05, 3.63) is 125 Å². The highest BCUT2D eigenvalue weighted by atomic mass is 127. The Balaban J connectivity index is 0.00000461. The van der Waals surface area contributed by atoms with Crippen LogP contribution in [-0.2, 0) is 10.8 Å². The van der Waals surface area contributed by atoms with E-state index < -0.39 is 0 Å². The molecular weight excluding hydrogens is 669 g/mol. The first-order valence-corrected chi connectivity index (χ1v) is 15.9. The Labute approximate surface area is 286 Å². The third-order valence-electron chi connectivity index (χ3n) is 9.17. The number of hydrogen-bond acceptors (Lipinski definition) is 3. The summed E-state index contributed by atoms with van der Waals surface area (Å²) < 4.78 is 2.41. The van der Waals surface area contributed by atoms with Crippen molar-refractivity contribution in [3.63, 3.8) is 0 Å². The molecule has 0 aromatic heterocycles. The Morgan fingerprint density at radius 2 is 1.53 bits per heavy atom. The quantitative estimate of drug-likeness (QED) is 0.141. The smallest absolute Gasteiger partial charge is 0.251 e. The van der Waals surface area contributed by atoms with Crippen LogP contribution in [0.25, 0.3) is 5.57 Å². The number of likely N-dealkylation sites (N-methyl/N-ethyl adjacent to an activating group) is 1. The SMILES string of the molecule is CCN1/C(=C/C=C(/C=C/C2=[N+](CC)c3ccccc3C2(C)C)c2ccc(C(=O)NCCCO)cc2)C(C)(C)c2ccccc21.[I-]. The van der Waals surface area contributed by atoms with Crippen LogP contribution in [0.5, 0.6) is 0 Å². The highest BCUT2D eigenvalue weighted by Gasteiger charge is 2.43. The molecule has 2 aliphatic heterocycles. The van der Waals surface area contributed by atoms with Crippen LogP contribution in [0, 0.1) is 0 Å². The number of halogens is 1. The lowest BCUT2D eigenvalue weighted by molar-refractivity contribution is -0.433. The van der Waals surface area contributed by atoms with Gasteiger partial charge in [0, 0.05) is 59.8 Å². The van der Waals surface area contributed by atoms with E-state index in [1.807, 2.05) is 24.3 Å². The van der Waals surface area contributed by atoms with Crippen LogP contribution in [0.2, 0.25) is 0 Å². The first kappa shape index (κ1) is 34.4. The number of hydrogen-bond donors (Lipinski definition) is 2. The fraction of sp³-hybridized carbons (Fsp3) is 0.333. The van der Waals surface area contributed by atoms with Gasteiger partial charge in [-0.15, -0.1) is 0 Å². The van der Waals surface area contributed by atoms with Crippen molar-refractivity contribution in [2.75, 3.05) is 31.1 Å². The molecule has 5 rings (SSSR count). The second kappa shape index (κ2) is 14.3. The lowest BCUT2D eigenvalue weighted by atomic mass is 9.81. The fourth-order valence-electron chi connectivity index (χ4n) is 6.75. The van der Waals surface area contributed by atoms with E-state index in [1.165, 1.54) is 33.9 Å². The minimum atomic E-state index is -0.128. The third kappa shape index (κ3) is 6.59. The molecule has 3 aromatic carbocycles. The van der Waals surface area contributed by atoms with Gasteiger partial charge in [0.05, 0.1) is 5.41 Å². The van der Waals surface area contributed by atoms with Crippen LogP contribution in [0.15, 0.2) is 103 Å². The van der Waals surface area contributed by atoms with Gasteiger partial charge in [0.25, 0.3) is 5.91 Å². The number of nitrogens with zero attached hydrogens (tertiary/aromatic N) is 2. The van der Waals surface area contributed by atoms with Gasteiger partial charge in [0.15, 0.2) is 5.71 Å². The maximum Gasteiger partial charge on any atom is 0.251 e. The number of benzene rings is 3. The molecule has 0 atom stereocenters. The minimum Gasteiger partial charge on any atom is -1.00 e. The van der Waals surface area contributed by atoms with Crippen molar-refractivity contribution < 1.29 is 38.5 Å². The normalized spacial score (nSPS) is 17.4. The van der Waals surface area contributed by atoms with Gasteiger partial charge in [-0.3, -0.25) is 4.79 Å². The number of carbonyl (C=O) groups excluding carboxylic acids is 1. The number of allylic oxidation sites excluding steroid dienone is 6. The molecule has 0 bridgehead atoms. The number of aliphatic hydroxyl groups excluding tert-OH is 1. The van der Waals surface area contributed by atoms with Crippen molar-refractivity contribution in [1.82, 2.24) is 5.32 Å². The largest absolute Gasteiger partial charge is 1.00 e. The zero-order valence-electron chi connectivity index (χ0n) is 27.4. The van der Waals surface area contributed by atoms with Crippen LogP contribution >= 0.6 is 0 Å². The zero-order chi connectivity index (χ0) is 31.5. The number of fused-ring (bicyclic) bond motifs is 2. The van der Waals surface area contributed by atoms with Crippen LogP contribution in [-0.4, -0.2) is 47.5 Å². The van der Waals surface area contributed by atoms with E-state index in [2.05, 4.69) is 129 Å². The summed E-state index contributed by atoms with van der Waals surface area (Å²) in [5, 5.41) is 11.9. The number of anilines is 1. The van der Waals surface area contributed by atoms with Crippen LogP contribution in [0.1, 0.15) is 75.0 Å². The average Bonchev–Trinajstić information content (AvgIpc) is 3.39. The summed E-state index contributed by atoms with van der Waals surface area (Å²) in [6, 6.07) is 25.2. The summed E-state index contributed by atoms with van der Waals surface area (Å²) in [6.07, 6.45) is 9.54. The molecule has 3 aromatic rings. The van der Waals surface area contributed by atoms with Crippen LogP contribution < -0.4 is 34.2 Å². The third-order valence-corrected chi connectivity index (χ3v) is 9.17. The maximum atomic E-state index is 12.7. The molecule has 0 aliphatic carbocycles. The molecule has 0 radical (unpaired) electrons. The van der Waals surface area contributed by atoms with Crippen molar-refractivity contribution in [1.29, 1.82) is 0 Å². The minimum absolute atomic E-state index is 0. The van der Waals surface area contributed by atoms with E-state index in [0.29, 0.717) is 18.5 Å². The lowest BCUT2D eigenvalue weighted by Gasteiger charge is -2.26. The van der Waals surface area contributed by atoms with Gasteiger partial charge >= 0.3 is 0 Å². The van der Waals surface area contributed by atoms with Gasteiger partial charge in [0.2, 0.25) is 5.69 Å². The number of carbonyl (C=O) groups is 1. The number of aliphatic hydroxyl groups is 1. The van der Waals surface area contributed by atoms with Gasteiger partial charge in [-0.25, -0.2) is 0 Å². The molecule has 5 nitrogen and oxygen atoms in total. The summed E-state index contributed by atoms with van der Waals surface area (Å²) in [7, 11) is 0. The molecule has 45 heavy (non-hydrogen) atoms. The monoisotopic (exact) mass is 715 g/mol. The van der Waals surface area contributed by atoms with Crippen molar-refractivity contribution in [3.8, 4) is 0 Å². The van der Waals surface area contributed by atoms with E-state index in [4.69, 9.17) is 5.11 Å². The van der Waals surface area contributed by atoms with Crippen molar-refractivity contribution >= 4 is 28.6 Å². The summed E-state index contributed by atoms with van der Waals surface area (Å²) in [4.78, 5) is 15.1. The number of para-hydroxylation sites is 2. The molecule has 1 amide bonds. The molecule has 0 spiro atoms. The second-order valence-corrected chi connectivity index (χ2v) is 12.6. The van der Waals surface area contributed by atoms with Gasteiger partial charge in [-0.05, 0) is 81.2 Å². The lowest BCUT2D eigenvalue weighted by Crippen LogP contribution is -3.00. The number of amides is 1. The van der Waals surface area contributed by atoms with E-state index in [9.17, 15) is 4.79 Å². The predicted molar refractivity (Wildman–Crippen MR) is 183 cm³/mol. The topological polar surface area (TPSA) is 55.6 Å². The Bertz CT molecular complexity index is 1660. The molecule has 236 valence electrons. The molecule has 0 unspecified atom stereocenters. The van der Waals surface area contributed by atoms with Gasteiger partial charge in [-0.2, -0.15) is 4.58 Å². The standard InChI is InChI=1S/C39H45N3O2.HI/c1-7-41-33-16-11-9-14-31(33)38(3,4)35(41)24-22-29(28-18-20-30(21-19-28)37(44)40-26-13-27-43)23-25-36-39(5,6)32-15-10-12-17-34(32)42(36)8-2;/h9-12,14-25,43H,7-8,13,26-27H2,1-6H3;1H. The highest BCUT2D eigenvalue weighted by Crippen LogP contribution is 2.47. The second-order valence-electron chi connectivity index (χ2n) is 12.6. The molecule has 0 saturated carbocycles. The van der Waals surface area contributed by atoms with Crippen molar-refractivity contribution in [2.45, 2.75) is 58.8 Å². The molecule has 2 heterocycles. The van der Waals surface area contributed by atoms with Crippen molar-refractivity contribution in [2.24, 2.45) is 0 Å². The van der Waals surface area contributed by atoms with Crippen LogP contribution in [0.3, 0.4) is 0 Å². The predicted octanol–water partition coefficient (Wildman–Crippen LogP) is 4.54. The zero-order valence-corrected chi connectivity index (χ0v) is 29.6. The number of rotatable bonds is 10. The summed E-state index contributed by atoms with van der Waals surface area (Å²) in [5.41, 5.74) is 10.2.